The van der Waals surface area contributed by atoms with E-state index >= 15 is 0 Å². The lowest BCUT2D eigenvalue weighted by molar-refractivity contribution is 0.0706. The van der Waals surface area contributed by atoms with Gasteiger partial charge in [0.15, 0.2) is 5.82 Å². The maximum atomic E-state index is 10.1. The van der Waals surface area contributed by atoms with Crippen molar-refractivity contribution in [2.24, 2.45) is 0 Å². The quantitative estimate of drug-likeness (QED) is 0.857. The molecule has 19 heavy (non-hydrogen) atoms. The van der Waals surface area contributed by atoms with E-state index < -0.39 is 6.10 Å². The second-order valence-corrected chi connectivity index (χ2v) is 5.07. The monoisotopic (exact) mass is 263 g/mol. The molecule has 1 aromatic heterocycles. The molecule has 2 rings (SSSR count). The lowest BCUT2D eigenvalue weighted by Crippen LogP contribution is -2.29. The molecule has 1 aliphatic rings. The summed E-state index contributed by atoms with van der Waals surface area (Å²) in [5.41, 5.74) is 6.45. The van der Waals surface area contributed by atoms with Crippen LogP contribution in [-0.2, 0) is 0 Å². The fraction of sp³-hybridized carbons (Fsp3) is 0.692. The summed E-state index contributed by atoms with van der Waals surface area (Å²) < 4.78 is 1.64. The van der Waals surface area contributed by atoms with Gasteiger partial charge in [-0.05, 0) is 19.8 Å². The maximum Gasteiger partial charge on any atom is 0.170 e. The Kier molecular flexibility index (Phi) is 3.96. The summed E-state index contributed by atoms with van der Waals surface area (Å²) in [5.74, 6) is 0.962. The van der Waals surface area contributed by atoms with Crippen molar-refractivity contribution in [2.45, 2.75) is 44.8 Å². The van der Waals surface area contributed by atoms with E-state index in [0.29, 0.717) is 17.2 Å². The molecule has 1 aromatic rings. The third-order valence-corrected chi connectivity index (χ3v) is 3.88. The largest absolute Gasteiger partial charge is 0.391 e. The number of nitrogens with two attached hydrogens (primary N) is 1. The van der Waals surface area contributed by atoms with Crippen molar-refractivity contribution in [3.63, 3.8) is 0 Å². The number of hydrogen-bond donors (Lipinski definition) is 2. The second-order valence-electron chi connectivity index (χ2n) is 5.07. The third kappa shape index (κ3) is 2.38. The zero-order valence-corrected chi connectivity index (χ0v) is 11.5. The standard InChI is InChI=1S/C13H21N5O/c1-3-17(2)13-9(8-14)12(15)18(16-13)10-6-4-5-7-11(10)19/h10-11,19H,3-7,15H2,1-2H3. The van der Waals surface area contributed by atoms with Gasteiger partial charge in [0.05, 0.1) is 12.1 Å². The van der Waals surface area contributed by atoms with E-state index in [-0.39, 0.29) is 6.04 Å². The van der Waals surface area contributed by atoms with E-state index in [0.717, 1.165) is 32.2 Å². The van der Waals surface area contributed by atoms with Crippen molar-refractivity contribution in [1.29, 1.82) is 5.26 Å². The number of aliphatic hydroxyl groups is 1. The van der Waals surface area contributed by atoms with Crippen LogP contribution in [0.2, 0.25) is 0 Å². The molecule has 1 aliphatic carbocycles. The molecule has 0 aromatic carbocycles. The SMILES string of the molecule is CCN(C)c1nn(C2CCCCC2O)c(N)c1C#N. The molecule has 0 aliphatic heterocycles. The number of hydrogen-bond acceptors (Lipinski definition) is 5. The minimum Gasteiger partial charge on any atom is -0.391 e. The molecule has 3 N–H and O–H groups in total. The predicted molar refractivity (Wildman–Crippen MR) is 73.8 cm³/mol. The number of nitriles is 1. The fourth-order valence-electron chi connectivity index (χ4n) is 2.59. The van der Waals surface area contributed by atoms with Crippen LogP contribution in [0.15, 0.2) is 0 Å². The average molecular weight is 263 g/mol. The number of nitrogen functional groups attached to an aromatic ring is 1. The van der Waals surface area contributed by atoms with Crippen LogP contribution in [0.25, 0.3) is 0 Å². The van der Waals surface area contributed by atoms with Crippen LogP contribution >= 0.6 is 0 Å². The maximum absolute atomic E-state index is 10.1. The van der Waals surface area contributed by atoms with Gasteiger partial charge < -0.3 is 15.7 Å². The number of nitrogens with zero attached hydrogens (tertiary/aromatic N) is 4. The zero-order valence-electron chi connectivity index (χ0n) is 11.5. The Balaban J connectivity index is 2.41. The highest BCUT2D eigenvalue weighted by molar-refractivity contribution is 5.64. The van der Waals surface area contributed by atoms with Crippen LogP contribution in [0.5, 0.6) is 0 Å². The summed E-state index contributed by atoms with van der Waals surface area (Å²) in [6.45, 7) is 2.74. The first kappa shape index (κ1) is 13.7. The fourth-order valence-corrected chi connectivity index (χ4v) is 2.59. The van der Waals surface area contributed by atoms with Crippen molar-refractivity contribution in [3.05, 3.63) is 5.56 Å². The summed E-state index contributed by atoms with van der Waals surface area (Å²) in [4.78, 5) is 1.89. The number of anilines is 2. The Morgan fingerprint density at radius 3 is 2.79 bits per heavy atom. The summed E-state index contributed by atoms with van der Waals surface area (Å²) in [6, 6.07) is 2.01. The third-order valence-electron chi connectivity index (χ3n) is 3.88. The van der Waals surface area contributed by atoms with Gasteiger partial charge in [0.25, 0.3) is 0 Å². The van der Waals surface area contributed by atoms with Gasteiger partial charge in [-0.1, -0.05) is 12.8 Å². The first-order valence-corrected chi connectivity index (χ1v) is 6.77. The molecule has 1 saturated carbocycles. The molecule has 0 spiro atoms. The lowest BCUT2D eigenvalue weighted by Gasteiger charge is -2.28. The predicted octanol–water partition coefficient (Wildman–Crippen LogP) is 1.27. The smallest absolute Gasteiger partial charge is 0.170 e. The molecule has 2 atom stereocenters. The normalized spacial score (nSPS) is 23.1. The molecule has 1 fully saturated rings. The Labute approximate surface area is 113 Å². The molecular weight excluding hydrogens is 242 g/mol. The molecule has 0 bridgehead atoms. The van der Waals surface area contributed by atoms with Crippen molar-refractivity contribution in [2.75, 3.05) is 24.2 Å². The van der Waals surface area contributed by atoms with E-state index in [2.05, 4.69) is 11.2 Å². The van der Waals surface area contributed by atoms with Crippen molar-refractivity contribution in [1.82, 2.24) is 9.78 Å². The van der Waals surface area contributed by atoms with E-state index in [1.165, 1.54) is 0 Å². The number of aliphatic hydroxyl groups excluding tert-OH is 1. The molecule has 6 nitrogen and oxygen atoms in total. The Morgan fingerprint density at radius 1 is 1.53 bits per heavy atom. The molecule has 1 heterocycles. The molecule has 6 heteroatoms. The minimum atomic E-state index is -0.428. The minimum absolute atomic E-state index is 0.111. The van der Waals surface area contributed by atoms with Crippen LogP contribution < -0.4 is 10.6 Å². The highest BCUT2D eigenvalue weighted by Gasteiger charge is 2.29. The summed E-state index contributed by atoms with van der Waals surface area (Å²) in [5, 5.41) is 23.8. The van der Waals surface area contributed by atoms with E-state index in [1.807, 2.05) is 18.9 Å². The Morgan fingerprint density at radius 2 is 2.21 bits per heavy atom. The van der Waals surface area contributed by atoms with Crippen molar-refractivity contribution in [3.8, 4) is 6.07 Å². The molecule has 0 saturated heterocycles. The van der Waals surface area contributed by atoms with E-state index in [9.17, 15) is 10.4 Å². The highest BCUT2D eigenvalue weighted by Crippen LogP contribution is 2.33. The van der Waals surface area contributed by atoms with Crippen molar-refractivity contribution < 1.29 is 5.11 Å². The number of rotatable bonds is 3. The van der Waals surface area contributed by atoms with Crippen LogP contribution in [0, 0.1) is 11.3 Å². The highest BCUT2D eigenvalue weighted by atomic mass is 16.3. The molecule has 0 amide bonds. The molecule has 2 unspecified atom stereocenters. The average Bonchev–Trinajstić information content (AvgIpc) is 2.75. The van der Waals surface area contributed by atoms with Gasteiger partial charge >= 0.3 is 0 Å². The van der Waals surface area contributed by atoms with Gasteiger partial charge in [0.1, 0.15) is 17.5 Å². The molecular formula is C13H21N5O. The molecule has 0 radical (unpaired) electrons. The topological polar surface area (TPSA) is 91.1 Å². The van der Waals surface area contributed by atoms with Gasteiger partial charge in [-0.3, -0.25) is 0 Å². The van der Waals surface area contributed by atoms with Gasteiger partial charge in [-0.2, -0.15) is 10.4 Å². The van der Waals surface area contributed by atoms with Crippen molar-refractivity contribution >= 4 is 11.6 Å². The van der Waals surface area contributed by atoms with Gasteiger partial charge in [0.2, 0.25) is 0 Å². The first-order valence-electron chi connectivity index (χ1n) is 6.77. The second kappa shape index (κ2) is 5.49. The number of aromatic nitrogens is 2. The van der Waals surface area contributed by atoms with E-state index in [1.54, 1.807) is 4.68 Å². The van der Waals surface area contributed by atoms with Gasteiger partial charge in [-0.25, -0.2) is 4.68 Å². The first-order chi connectivity index (χ1) is 9.10. The summed E-state index contributed by atoms with van der Waals surface area (Å²) >= 11 is 0. The van der Waals surface area contributed by atoms with E-state index in [4.69, 9.17) is 5.73 Å². The summed E-state index contributed by atoms with van der Waals surface area (Å²) in [7, 11) is 1.88. The summed E-state index contributed by atoms with van der Waals surface area (Å²) in [6.07, 6.45) is 3.29. The van der Waals surface area contributed by atoms with Crippen LogP contribution in [0.3, 0.4) is 0 Å². The van der Waals surface area contributed by atoms with Crippen LogP contribution in [0.1, 0.15) is 44.2 Å². The van der Waals surface area contributed by atoms with Gasteiger partial charge in [-0.15, -0.1) is 0 Å². The molecule has 104 valence electrons. The van der Waals surface area contributed by atoms with Crippen LogP contribution in [-0.4, -0.2) is 34.6 Å². The Bertz CT molecular complexity index is 490. The lowest BCUT2D eigenvalue weighted by atomic mass is 9.93. The van der Waals surface area contributed by atoms with Crippen LogP contribution in [0.4, 0.5) is 11.6 Å². The van der Waals surface area contributed by atoms with Gasteiger partial charge in [0, 0.05) is 13.6 Å². The Hall–Kier alpha value is -1.74. The zero-order chi connectivity index (χ0) is 14.0.